The third-order valence-corrected chi connectivity index (χ3v) is 15.1. The van der Waals surface area contributed by atoms with Gasteiger partial charge in [0.15, 0.2) is 11.3 Å². The lowest BCUT2D eigenvalue weighted by atomic mass is 9.78. The van der Waals surface area contributed by atoms with Gasteiger partial charge in [-0.05, 0) is 43.2 Å². The van der Waals surface area contributed by atoms with Crippen molar-refractivity contribution in [2.75, 3.05) is 38.6 Å². The highest BCUT2D eigenvalue weighted by atomic mass is 16.7. The minimum Gasteiger partial charge on any atom is -0.507 e. The van der Waals surface area contributed by atoms with Crippen molar-refractivity contribution in [1.82, 2.24) is 14.8 Å². The Bertz CT molecular complexity index is 3170. The van der Waals surface area contributed by atoms with Crippen molar-refractivity contribution in [2.45, 2.75) is 112 Å². The molecule has 9 atom stereocenters. The van der Waals surface area contributed by atoms with Gasteiger partial charge in [0, 0.05) is 100 Å². The number of hydrogen-bond acceptors (Lipinski definition) is 16. The number of fused-ring (bicyclic) bond motifs is 2. The molecule has 3 aromatic rings. The Labute approximate surface area is 441 Å². The van der Waals surface area contributed by atoms with Crippen LogP contribution < -0.4 is 20.2 Å². The van der Waals surface area contributed by atoms with Crippen LogP contribution >= 0.6 is 0 Å². The third-order valence-electron chi connectivity index (χ3n) is 15.1. The normalized spacial score (nSPS) is 27.4. The molecule has 1 fully saturated rings. The van der Waals surface area contributed by atoms with Crippen LogP contribution in [0.5, 0.6) is 17.2 Å². The van der Waals surface area contributed by atoms with Crippen molar-refractivity contribution in [2.24, 2.45) is 23.7 Å². The number of Topliss-reactive ketones (excluding diaryl/α,β-unsaturated/α-hetero) is 1. The minimum absolute atomic E-state index is 0.0381. The standard InChI is InChI=1S/C58H68N4O14/c1-11-42(64)62-24-22-61(23-25-62)28-37-17-13-18-38(27-37)29-72-40-19-14-20-41-46(40)59-47-43-44-51(67)35(7)54-45(43)56(69)58(9,76-54)73-26-21-39(71-10)32(4)53(74-36(8)63)34(6)50(66)33(5)49(65)30(2)15-12-16-31(3)57(70)60-48(52(44)68)55(47)75-41/h12-21,26-27,30,32-34,39,49-50,53,65-67H,11,22-25,28-29H2,1-10H3,(H,60,70)/b15-12+,26-21+,31-16-/t30-,32+,33+,34+,39-,49-,50+,53+,58-/m0/s1. The number of methoxy groups -OCH3 is 1. The van der Waals surface area contributed by atoms with Crippen LogP contribution in [0, 0.1) is 30.6 Å². The Morgan fingerprint density at radius 3 is 2.33 bits per heavy atom. The number of anilines is 1. The summed E-state index contributed by atoms with van der Waals surface area (Å²) in [6.07, 6.45) is 3.99. The van der Waals surface area contributed by atoms with Gasteiger partial charge in [-0.25, -0.2) is 4.98 Å². The molecule has 0 unspecified atom stereocenters. The molecule has 18 heteroatoms. The van der Waals surface area contributed by atoms with E-state index >= 15 is 4.79 Å². The molecule has 0 saturated carbocycles. The maximum atomic E-state index is 15.0. The van der Waals surface area contributed by atoms with Gasteiger partial charge in [0.2, 0.25) is 11.3 Å². The van der Waals surface area contributed by atoms with E-state index in [4.69, 9.17) is 33.1 Å². The van der Waals surface area contributed by atoms with Crippen molar-refractivity contribution in [1.29, 1.82) is 0 Å². The number of aliphatic hydroxyl groups excluding tert-OH is 2. The molecule has 1 saturated heterocycles. The summed E-state index contributed by atoms with van der Waals surface area (Å²) in [5.74, 6) is -7.07. The zero-order valence-corrected chi connectivity index (χ0v) is 44.7. The van der Waals surface area contributed by atoms with Crippen LogP contribution in [0.15, 0.2) is 87.8 Å². The fourth-order valence-corrected chi connectivity index (χ4v) is 10.5. The van der Waals surface area contributed by atoms with Crippen molar-refractivity contribution >= 4 is 51.1 Å². The van der Waals surface area contributed by atoms with Gasteiger partial charge in [-0.1, -0.05) is 83.2 Å². The number of nitrogens with one attached hydrogen (secondary N) is 1. The number of amides is 2. The largest absolute Gasteiger partial charge is 0.507 e. The molecule has 4 aliphatic heterocycles. The van der Waals surface area contributed by atoms with E-state index in [1.54, 1.807) is 58.0 Å². The number of ether oxygens (including phenoxy) is 5. The molecular weight excluding hydrogens is 977 g/mol. The van der Waals surface area contributed by atoms with E-state index in [9.17, 15) is 34.5 Å². The summed E-state index contributed by atoms with van der Waals surface area (Å²) in [6, 6.07) is 13.0. The molecular formula is C58H68N4O14. The molecule has 5 aliphatic rings. The lowest BCUT2D eigenvalue weighted by molar-refractivity contribution is -0.160. The predicted octanol–water partition coefficient (Wildman–Crippen LogP) is 7.58. The lowest BCUT2D eigenvalue weighted by Gasteiger charge is -2.38. The first kappa shape index (κ1) is 55.1. The van der Waals surface area contributed by atoms with E-state index in [-0.39, 0.29) is 74.0 Å². The molecule has 4 bridgehead atoms. The molecule has 4 N–H and O–H groups in total. The summed E-state index contributed by atoms with van der Waals surface area (Å²) < 4.78 is 37.1. The number of piperazine rings is 1. The zero-order valence-electron chi connectivity index (χ0n) is 44.7. The van der Waals surface area contributed by atoms with Crippen LogP contribution in [0.3, 0.4) is 0 Å². The van der Waals surface area contributed by atoms with E-state index in [0.29, 0.717) is 31.8 Å². The van der Waals surface area contributed by atoms with Crippen LogP contribution in [-0.4, -0.2) is 117 Å². The number of esters is 1. The first-order valence-corrected chi connectivity index (χ1v) is 25.8. The summed E-state index contributed by atoms with van der Waals surface area (Å²) in [6.45, 7) is 18.2. The molecule has 404 valence electrons. The summed E-state index contributed by atoms with van der Waals surface area (Å²) >= 11 is 0. The van der Waals surface area contributed by atoms with Gasteiger partial charge in [0.05, 0.1) is 35.5 Å². The Kier molecular flexibility index (Phi) is 16.4. The summed E-state index contributed by atoms with van der Waals surface area (Å²) in [4.78, 5) is 78.1. The molecule has 3 aromatic carbocycles. The fourth-order valence-electron chi connectivity index (χ4n) is 10.5. The highest BCUT2D eigenvalue weighted by molar-refractivity contribution is 6.22. The van der Waals surface area contributed by atoms with Crippen molar-refractivity contribution in [3.05, 3.63) is 111 Å². The maximum absolute atomic E-state index is 15.0. The van der Waals surface area contributed by atoms with Crippen LogP contribution in [0.25, 0.3) is 33.3 Å². The van der Waals surface area contributed by atoms with E-state index in [1.807, 2.05) is 30.0 Å². The van der Waals surface area contributed by atoms with Crippen LogP contribution in [0.1, 0.15) is 88.9 Å². The SMILES string of the molecule is CCC(=O)N1CCN(Cc2cccc(COc3cccc4oc5c6c(=O)c7c(O)c(C)c8c(c7c-5nc34)C(=O)[C@@](C)(O/C=C/[C@H](OC)[C@@H](C)[C@@H](OC(C)=O)[C@H](C)[C@H](O)[C@H](C)[C@@H](O)[C@@H](C)/C=C/C=C(/C)C(=O)N6)O8)c2)CC1. The molecule has 8 rings (SSSR count). The number of aliphatic hydroxyl groups is 2. The number of benzene rings is 4. The number of carbonyl (C=O) groups excluding carboxylic acids is 4. The lowest BCUT2D eigenvalue weighted by Crippen LogP contribution is -2.48. The minimum atomic E-state index is -2.09. The third kappa shape index (κ3) is 10.8. The Balaban J connectivity index is 1.23. The van der Waals surface area contributed by atoms with Gasteiger partial charge >= 0.3 is 11.8 Å². The monoisotopic (exact) mass is 1040 g/mol. The number of ketones is 1. The predicted molar refractivity (Wildman–Crippen MR) is 284 cm³/mol. The quantitative estimate of drug-likeness (QED) is 0.0666. The number of allylic oxidation sites excluding steroid dienone is 2. The maximum Gasteiger partial charge on any atom is 0.312 e. The molecule has 0 aromatic heterocycles. The smallest absolute Gasteiger partial charge is 0.312 e. The molecule has 0 radical (unpaired) electrons. The first-order chi connectivity index (χ1) is 36.2. The number of aromatic hydroxyl groups is 1. The average molecular weight is 1050 g/mol. The number of hydrogen-bond donors (Lipinski definition) is 4. The van der Waals surface area contributed by atoms with E-state index < -0.39 is 82.7 Å². The highest BCUT2D eigenvalue weighted by Gasteiger charge is 2.50. The van der Waals surface area contributed by atoms with E-state index in [1.165, 1.54) is 53.2 Å². The Hall–Kier alpha value is -7.12. The second kappa shape index (κ2) is 22.6. The van der Waals surface area contributed by atoms with Gasteiger partial charge in [0.1, 0.15) is 46.9 Å². The van der Waals surface area contributed by atoms with Gasteiger partial charge < -0.3 is 53.6 Å². The summed E-state index contributed by atoms with van der Waals surface area (Å²) in [7, 11) is 1.44. The number of aromatic nitrogens is 1. The van der Waals surface area contributed by atoms with Gasteiger partial charge in [-0.2, -0.15) is 0 Å². The second-order valence-electron chi connectivity index (χ2n) is 20.4. The van der Waals surface area contributed by atoms with E-state index in [0.717, 1.165) is 24.2 Å². The van der Waals surface area contributed by atoms with Crippen LogP contribution in [-0.2, 0) is 41.7 Å². The summed E-state index contributed by atoms with van der Waals surface area (Å²) in [5, 5.41) is 37.4. The number of phenolic OH excluding ortho intramolecular Hbond substituents is 1. The molecule has 2 amide bonds. The molecule has 1 aliphatic carbocycles. The topological polar surface area (TPSA) is 237 Å². The van der Waals surface area contributed by atoms with Crippen LogP contribution in [0.2, 0.25) is 0 Å². The molecule has 76 heavy (non-hydrogen) atoms. The Morgan fingerprint density at radius 2 is 1.63 bits per heavy atom. The van der Waals surface area contributed by atoms with E-state index in [2.05, 4.69) is 16.3 Å². The fraction of sp³-hybridized carbons (Fsp3) is 0.448. The Morgan fingerprint density at radius 1 is 0.921 bits per heavy atom. The number of phenols is 1. The average Bonchev–Trinajstić information content (AvgIpc) is 3.78. The van der Waals surface area contributed by atoms with Gasteiger partial charge in [-0.15, -0.1) is 0 Å². The van der Waals surface area contributed by atoms with Gasteiger partial charge in [-0.3, -0.25) is 28.9 Å². The van der Waals surface area contributed by atoms with Crippen LogP contribution in [0.4, 0.5) is 5.69 Å². The van der Waals surface area contributed by atoms with Gasteiger partial charge in [0.25, 0.3) is 11.7 Å². The van der Waals surface area contributed by atoms with Crippen molar-refractivity contribution in [3.8, 4) is 28.7 Å². The first-order valence-electron chi connectivity index (χ1n) is 25.8. The number of nitrogens with zero attached hydrogens (tertiary/aromatic N) is 3. The number of para-hydroxylation sites is 1. The number of rotatable bonds is 8. The molecule has 18 nitrogen and oxygen atoms in total. The zero-order chi connectivity index (χ0) is 54.9. The highest BCUT2D eigenvalue weighted by Crippen LogP contribution is 2.51. The van der Waals surface area contributed by atoms with Crippen molar-refractivity contribution < 1.29 is 62.6 Å². The molecule has 0 spiro atoms. The van der Waals surface area contributed by atoms with Crippen molar-refractivity contribution in [3.63, 3.8) is 0 Å². The summed E-state index contributed by atoms with van der Waals surface area (Å²) in [5.41, 5.74) is 1.08. The number of carbonyl (C=O) groups is 4. The second-order valence-corrected chi connectivity index (χ2v) is 20.4. The molecule has 4 heterocycles.